The minimum Gasteiger partial charge on any atom is -0.399 e. The second-order valence-electron chi connectivity index (χ2n) is 4.48. The maximum atomic E-state index is 5.89. The summed E-state index contributed by atoms with van der Waals surface area (Å²) in [5.41, 5.74) is 9.04. The molecule has 1 aliphatic rings. The van der Waals surface area contributed by atoms with Crippen LogP contribution in [0.5, 0.6) is 0 Å². The van der Waals surface area contributed by atoms with Crippen LogP contribution in [0.15, 0.2) is 35.4 Å². The number of anilines is 2. The van der Waals surface area contributed by atoms with Gasteiger partial charge in [0.15, 0.2) is 0 Å². The van der Waals surface area contributed by atoms with Crippen LogP contribution in [0.4, 0.5) is 11.4 Å². The van der Waals surface area contributed by atoms with E-state index in [0.29, 0.717) is 0 Å². The van der Waals surface area contributed by atoms with Crippen molar-refractivity contribution in [2.24, 2.45) is 7.05 Å². The lowest BCUT2D eigenvalue weighted by atomic mass is 10.2. The Morgan fingerprint density at radius 3 is 3.06 bits per heavy atom. The van der Waals surface area contributed by atoms with Crippen LogP contribution in [0.3, 0.4) is 0 Å². The fourth-order valence-corrected chi connectivity index (χ4v) is 3.23. The summed E-state index contributed by atoms with van der Waals surface area (Å²) in [5, 5.41) is 4.44. The van der Waals surface area contributed by atoms with Gasteiger partial charge in [0.05, 0.1) is 17.9 Å². The van der Waals surface area contributed by atoms with E-state index in [9.17, 15) is 0 Å². The first-order valence-corrected chi connectivity index (χ1v) is 6.97. The van der Waals surface area contributed by atoms with E-state index in [0.717, 1.165) is 30.2 Å². The number of fused-ring (bicyclic) bond motifs is 1. The molecule has 5 heteroatoms. The first-order chi connectivity index (χ1) is 8.72. The van der Waals surface area contributed by atoms with E-state index >= 15 is 0 Å². The van der Waals surface area contributed by atoms with Crippen molar-refractivity contribution in [3.8, 4) is 0 Å². The molecule has 0 aliphatic carbocycles. The summed E-state index contributed by atoms with van der Waals surface area (Å²) in [6.45, 7) is 1.88. The first kappa shape index (κ1) is 11.5. The molecule has 3 rings (SSSR count). The van der Waals surface area contributed by atoms with Crippen LogP contribution >= 0.6 is 11.8 Å². The highest BCUT2D eigenvalue weighted by molar-refractivity contribution is 7.99. The molecule has 1 aliphatic heterocycles. The van der Waals surface area contributed by atoms with Crippen LogP contribution in [-0.4, -0.2) is 22.1 Å². The van der Waals surface area contributed by atoms with Gasteiger partial charge in [-0.2, -0.15) is 5.10 Å². The Morgan fingerprint density at radius 1 is 1.39 bits per heavy atom. The summed E-state index contributed by atoms with van der Waals surface area (Å²) < 4.78 is 1.84. The molecule has 18 heavy (non-hydrogen) atoms. The number of benzene rings is 1. The van der Waals surface area contributed by atoms with Crippen LogP contribution in [0, 0.1) is 0 Å². The van der Waals surface area contributed by atoms with Crippen LogP contribution in [0.25, 0.3) is 0 Å². The van der Waals surface area contributed by atoms with Gasteiger partial charge in [-0.15, -0.1) is 11.8 Å². The minimum atomic E-state index is 0.822. The number of nitrogen functional groups attached to an aromatic ring is 1. The number of aryl methyl sites for hydroxylation is 1. The number of hydrogen-bond acceptors (Lipinski definition) is 4. The largest absolute Gasteiger partial charge is 0.399 e. The van der Waals surface area contributed by atoms with Gasteiger partial charge < -0.3 is 10.6 Å². The molecule has 1 aromatic heterocycles. The van der Waals surface area contributed by atoms with Crippen molar-refractivity contribution in [1.29, 1.82) is 0 Å². The van der Waals surface area contributed by atoms with E-state index in [-0.39, 0.29) is 0 Å². The highest BCUT2D eigenvalue weighted by Gasteiger charge is 2.18. The van der Waals surface area contributed by atoms with E-state index in [1.807, 2.05) is 35.8 Å². The number of aromatic nitrogens is 2. The fraction of sp³-hybridized carbons (Fsp3) is 0.308. The summed E-state index contributed by atoms with van der Waals surface area (Å²) in [5.74, 6) is 1.11. The molecule has 1 aromatic carbocycles. The molecule has 0 radical (unpaired) electrons. The standard InChI is InChI=1S/C13H16N4S/c1-16-5-4-11(15-16)9-17-6-7-18-13-3-2-10(14)8-12(13)17/h2-5,8H,6-7,9,14H2,1H3. The van der Waals surface area contributed by atoms with Crippen molar-refractivity contribution in [1.82, 2.24) is 9.78 Å². The molecule has 2 aromatic rings. The number of nitrogens with zero attached hydrogens (tertiary/aromatic N) is 3. The fourth-order valence-electron chi connectivity index (χ4n) is 2.20. The number of rotatable bonds is 2. The van der Waals surface area contributed by atoms with E-state index < -0.39 is 0 Å². The molecular formula is C13H16N4S. The van der Waals surface area contributed by atoms with Gasteiger partial charge in [0, 0.05) is 36.1 Å². The van der Waals surface area contributed by atoms with Gasteiger partial charge in [0.2, 0.25) is 0 Å². The van der Waals surface area contributed by atoms with Crippen molar-refractivity contribution >= 4 is 23.1 Å². The zero-order chi connectivity index (χ0) is 12.5. The van der Waals surface area contributed by atoms with Crippen LogP contribution in [-0.2, 0) is 13.6 Å². The third kappa shape index (κ3) is 2.18. The van der Waals surface area contributed by atoms with Gasteiger partial charge in [-0.3, -0.25) is 4.68 Å². The molecule has 2 heterocycles. The Morgan fingerprint density at radius 2 is 2.28 bits per heavy atom. The smallest absolute Gasteiger partial charge is 0.0817 e. The average molecular weight is 260 g/mol. The van der Waals surface area contributed by atoms with Crippen LogP contribution in [0.1, 0.15) is 5.69 Å². The normalized spacial score (nSPS) is 14.6. The molecule has 0 atom stereocenters. The molecule has 4 nitrogen and oxygen atoms in total. The molecule has 0 unspecified atom stereocenters. The van der Waals surface area contributed by atoms with E-state index in [1.165, 1.54) is 10.6 Å². The lowest BCUT2D eigenvalue weighted by Crippen LogP contribution is -2.28. The van der Waals surface area contributed by atoms with Crippen LogP contribution < -0.4 is 10.6 Å². The zero-order valence-corrected chi connectivity index (χ0v) is 11.2. The maximum Gasteiger partial charge on any atom is 0.0817 e. The van der Waals surface area contributed by atoms with Gasteiger partial charge >= 0.3 is 0 Å². The number of nitrogens with two attached hydrogens (primary N) is 1. The topological polar surface area (TPSA) is 47.1 Å². The molecule has 0 bridgehead atoms. The van der Waals surface area contributed by atoms with Crippen molar-refractivity contribution in [3.05, 3.63) is 36.2 Å². The highest BCUT2D eigenvalue weighted by Crippen LogP contribution is 2.36. The summed E-state index contributed by atoms with van der Waals surface area (Å²) in [6, 6.07) is 8.20. The van der Waals surface area contributed by atoms with Gasteiger partial charge in [0.25, 0.3) is 0 Å². The van der Waals surface area contributed by atoms with Gasteiger partial charge in [0.1, 0.15) is 0 Å². The minimum absolute atomic E-state index is 0.822. The quantitative estimate of drug-likeness (QED) is 0.840. The third-order valence-corrected chi connectivity index (χ3v) is 4.11. The van der Waals surface area contributed by atoms with Crippen molar-refractivity contribution in [3.63, 3.8) is 0 Å². The summed E-state index contributed by atoms with van der Waals surface area (Å²) in [7, 11) is 1.95. The third-order valence-electron chi connectivity index (χ3n) is 3.06. The Balaban J connectivity index is 1.88. The monoisotopic (exact) mass is 260 g/mol. The van der Waals surface area contributed by atoms with Crippen LogP contribution in [0.2, 0.25) is 0 Å². The van der Waals surface area contributed by atoms with E-state index in [4.69, 9.17) is 5.73 Å². The summed E-state index contributed by atoms with van der Waals surface area (Å²) in [6.07, 6.45) is 1.98. The Labute approximate surface area is 111 Å². The van der Waals surface area contributed by atoms with E-state index in [1.54, 1.807) is 0 Å². The molecule has 0 fully saturated rings. The molecule has 2 N–H and O–H groups in total. The van der Waals surface area contributed by atoms with Crippen molar-refractivity contribution < 1.29 is 0 Å². The van der Waals surface area contributed by atoms with Gasteiger partial charge in [-0.05, 0) is 24.3 Å². The van der Waals surface area contributed by atoms with Gasteiger partial charge in [-0.1, -0.05) is 0 Å². The molecule has 0 saturated carbocycles. The number of hydrogen-bond donors (Lipinski definition) is 1. The molecule has 0 saturated heterocycles. The lowest BCUT2D eigenvalue weighted by molar-refractivity contribution is 0.720. The highest BCUT2D eigenvalue weighted by atomic mass is 32.2. The summed E-state index contributed by atoms with van der Waals surface area (Å²) >= 11 is 1.89. The zero-order valence-electron chi connectivity index (χ0n) is 10.3. The van der Waals surface area contributed by atoms with Gasteiger partial charge in [-0.25, -0.2) is 0 Å². The summed E-state index contributed by atoms with van der Waals surface area (Å²) in [4.78, 5) is 3.66. The number of thioether (sulfide) groups is 1. The molecule has 0 spiro atoms. The van der Waals surface area contributed by atoms with E-state index in [2.05, 4.69) is 28.2 Å². The lowest BCUT2D eigenvalue weighted by Gasteiger charge is -2.30. The second-order valence-corrected chi connectivity index (χ2v) is 5.61. The predicted octanol–water partition coefficient (Wildman–Crippen LogP) is 2.11. The Hall–Kier alpha value is -1.62. The molecule has 94 valence electrons. The molecule has 0 amide bonds. The Kier molecular flexibility index (Phi) is 2.91. The predicted molar refractivity (Wildman–Crippen MR) is 75.8 cm³/mol. The Bertz CT molecular complexity index is 564. The first-order valence-electron chi connectivity index (χ1n) is 5.98. The second kappa shape index (κ2) is 4.57. The average Bonchev–Trinajstić information content (AvgIpc) is 2.76. The SMILES string of the molecule is Cn1ccc(CN2CCSc3ccc(N)cc32)n1. The maximum absolute atomic E-state index is 5.89. The molecular weight excluding hydrogens is 244 g/mol. The van der Waals surface area contributed by atoms with Crippen molar-refractivity contribution in [2.45, 2.75) is 11.4 Å². The van der Waals surface area contributed by atoms with Crippen molar-refractivity contribution in [2.75, 3.05) is 22.9 Å².